The number of aliphatic hydroxyl groups is 1. The van der Waals surface area contributed by atoms with Crippen molar-refractivity contribution < 1.29 is 9.90 Å². The lowest BCUT2D eigenvalue weighted by atomic mass is 9.85. The molecule has 0 saturated heterocycles. The van der Waals surface area contributed by atoms with E-state index < -0.39 is 0 Å². The molecule has 1 aliphatic rings. The minimum atomic E-state index is -0.0944. The van der Waals surface area contributed by atoms with Gasteiger partial charge in [0.25, 0.3) is 0 Å². The molecule has 3 nitrogen and oxygen atoms in total. The number of nitrogens with one attached hydrogen (secondary N) is 1. The quantitative estimate of drug-likeness (QED) is 0.618. The average molecular weight is 157 g/mol. The predicted octanol–water partition coefficient (Wildman–Crippen LogP) is 0.283. The minimum absolute atomic E-state index is 0.0262. The van der Waals surface area contributed by atoms with Gasteiger partial charge in [-0.05, 0) is 19.8 Å². The number of hydrogen-bond donors (Lipinski definition) is 2. The zero-order chi connectivity index (χ0) is 8.27. The lowest BCUT2D eigenvalue weighted by Crippen LogP contribution is -2.41. The van der Waals surface area contributed by atoms with Gasteiger partial charge in [-0.3, -0.25) is 4.79 Å². The maximum Gasteiger partial charge on any atom is 0.223 e. The highest BCUT2D eigenvalue weighted by molar-refractivity contribution is 5.79. The van der Waals surface area contributed by atoms with E-state index in [1.165, 1.54) is 6.42 Å². The molecule has 0 aliphatic heterocycles. The van der Waals surface area contributed by atoms with Crippen molar-refractivity contribution in [2.75, 3.05) is 6.61 Å². The maximum absolute atomic E-state index is 11.2. The lowest BCUT2D eigenvalue weighted by Gasteiger charge is -2.25. The van der Waals surface area contributed by atoms with Crippen LogP contribution in [-0.4, -0.2) is 23.7 Å². The number of amides is 1. The standard InChI is InChI=1S/C8H15NO2/c1-6(5-10)9-8(11)7-3-2-4-7/h6-7,10H,2-5H2,1H3,(H,9,11)/t6-/m1/s1. The van der Waals surface area contributed by atoms with Crippen LogP contribution in [0.1, 0.15) is 26.2 Å². The molecule has 1 atom stereocenters. The third-order valence-electron chi connectivity index (χ3n) is 2.14. The molecule has 1 saturated carbocycles. The summed E-state index contributed by atoms with van der Waals surface area (Å²) in [5.41, 5.74) is 0. The van der Waals surface area contributed by atoms with E-state index in [0.29, 0.717) is 0 Å². The molecule has 1 rings (SSSR count). The fraction of sp³-hybridized carbons (Fsp3) is 0.875. The normalized spacial score (nSPS) is 20.5. The molecule has 0 heterocycles. The first-order valence-corrected chi connectivity index (χ1v) is 4.15. The zero-order valence-electron chi connectivity index (χ0n) is 6.84. The molecular formula is C8H15NO2. The SMILES string of the molecule is C[C@H](CO)NC(=O)C1CCC1. The average Bonchev–Trinajstić information content (AvgIpc) is 1.83. The van der Waals surface area contributed by atoms with E-state index in [0.717, 1.165) is 12.8 Å². The van der Waals surface area contributed by atoms with Gasteiger partial charge in [0.2, 0.25) is 5.91 Å². The van der Waals surface area contributed by atoms with Crippen molar-refractivity contribution in [3.63, 3.8) is 0 Å². The fourth-order valence-electron chi connectivity index (χ4n) is 1.08. The maximum atomic E-state index is 11.2. The Bertz CT molecular complexity index is 143. The second-order valence-electron chi connectivity index (χ2n) is 3.22. The molecule has 1 aliphatic carbocycles. The number of aliphatic hydroxyl groups excluding tert-OH is 1. The van der Waals surface area contributed by atoms with Gasteiger partial charge in [0, 0.05) is 12.0 Å². The molecule has 0 aromatic heterocycles. The first kappa shape index (κ1) is 8.53. The van der Waals surface area contributed by atoms with Crippen LogP contribution in [0.15, 0.2) is 0 Å². The van der Waals surface area contributed by atoms with E-state index >= 15 is 0 Å². The summed E-state index contributed by atoms with van der Waals surface area (Å²) in [6, 6.07) is -0.0944. The van der Waals surface area contributed by atoms with Crippen LogP contribution in [0.2, 0.25) is 0 Å². The van der Waals surface area contributed by atoms with Crippen LogP contribution in [0, 0.1) is 5.92 Å². The number of hydrogen-bond acceptors (Lipinski definition) is 2. The van der Waals surface area contributed by atoms with Gasteiger partial charge in [0.05, 0.1) is 6.61 Å². The molecule has 0 radical (unpaired) electrons. The predicted molar refractivity (Wildman–Crippen MR) is 42.0 cm³/mol. The summed E-state index contributed by atoms with van der Waals surface area (Å²) in [4.78, 5) is 11.2. The van der Waals surface area contributed by atoms with Gasteiger partial charge in [-0.2, -0.15) is 0 Å². The molecule has 0 spiro atoms. The van der Waals surface area contributed by atoms with E-state index in [4.69, 9.17) is 5.11 Å². The van der Waals surface area contributed by atoms with Gasteiger partial charge in [-0.1, -0.05) is 6.42 Å². The van der Waals surface area contributed by atoms with Crippen molar-refractivity contribution in [2.45, 2.75) is 32.2 Å². The highest BCUT2D eigenvalue weighted by Gasteiger charge is 2.25. The Morgan fingerprint density at radius 2 is 2.36 bits per heavy atom. The summed E-state index contributed by atoms with van der Waals surface area (Å²) in [7, 11) is 0. The van der Waals surface area contributed by atoms with Crippen LogP contribution >= 0.6 is 0 Å². The molecule has 0 bridgehead atoms. The topological polar surface area (TPSA) is 49.3 Å². The number of rotatable bonds is 3. The third kappa shape index (κ3) is 2.19. The highest BCUT2D eigenvalue weighted by atomic mass is 16.3. The Morgan fingerprint density at radius 1 is 1.73 bits per heavy atom. The van der Waals surface area contributed by atoms with Gasteiger partial charge < -0.3 is 10.4 Å². The van der Waals surface area contributed by atoms with Crippen molar-refractivity contribution in [3.05, 3.63) is 0 Å². The van der Waals surface area contributed by atoms with Gasteiger partial charge in [-0.25, -0.2) is 0 Å². The second kappa shape index (κ2) is 3.72. The van der Waals surface area contributed by atoms with Gasteiger partial charge in [0.1, 0.15) is 0 Å². The summed E-state index contributed by atoms with van der Waals surface area (Å²) < 4.78 is 0. The Kier molecular flexibility index (Phi) is 2.88. The highest BCUT2D eigenvalue weighted by Crippen LogP contribution is 2.26. The van der Waals surface area contributed by atoms with Crippen molar-refractivity contribution >= 4 is 5.91 Å². The Labute approximate surface area is 66.8 Å². The number of carbonyl (C=O) groups excluding carboxylic acids is 1. The zero-order valence-corrected chi connectivity index (χ0v) is 6.84. The Morgan fingerprint density at radius 3 is 2.73 bits per heavy atom. The monoisotopic (exact) mass is 157 g/mol. The molecular weight excluding hydrogens is 142 g/mol. The molecule has 64 valence electrons. The molecule has 0 aromatic carbocycles. The van der Waals surface area contributed by atoms with Crippen molar-refractivity contribution in [2.24, 2.45) is 5.92 Å². The molecule has 1 fully saturated rings. The Hall–Kier alpha value is -0.570. The van der Waals surface area contributed by atoms with E-state index in [2.05, 4.69) is 5.32 Å². The van der Waals surface area contributed by atoms with E-state index in [1.807, 2.05) is 0 Å². The summed E-state index contributed by atoms with van der Waals surface area (Å²) in [6.45, 7) is 1.83. The van der Waals surface area contributed by atoms with Gasteiger partial charge in [-0.15, -0.1) is 0 Å². The van der Waals surface area contributed by atoms with E-state index in [1.54, 1.807) is 6.92 Å². The Balaban J connectivity index is 2.19. The third-order valence-corrected chi connectivity index (χ3v) is 2.14. The molecule has 0 unspecified atom stereocenters. The summed E-state index contributed by atoms with van der Waals surface area (Å²) in [5, 5.41) is 11.4. The second-order valence-corrected chi connectivity index (χ2v) is 3.22. The molecule has 2 N–H and O–H groups in total. The summed E-state index contributed by atoms with van der Waals surface area (Å²) in [5.74, 6) is 0.335. The molecule has 0 aromatic rings. The van der Waals surface area contributed by atoms with Crippen LogP contribution in [0.25, 0.3) is 0 Å². The minimum Gasteiger partial charge on any atom is -0.394 e. The first-order valence-electron chi connectivity index (χ1n) is 4.15. The van der Waals surface area contributed by atoms with Crippen molar-refractivity contribution in [1.29, 1.82) is 0 Å². The van der Waals surface area contributed by atoms with Crippen LogP contribution in [-0.2, 0) is 4.79 Å². The van der Waals surface area contributed by atoms with Crippen LogP contribution < -0.4 is 5.32 Å². The van der Waals surface area contributed by atoms with E-state index in [9.17, 15) is 4.79 Å². The van der Waals surface area contributed by atoms with Crippen molar-refractivity contribution in [1.82, 2.24) is 5.32 Å². The first-order chi connectivity index (χ1) is 5.24. The fourth-order valence-corrected chi connectivity index (χ4v) is 1.08. The summed E-state index contributed by atoms with van der Waals surface area (Å²) >= 11 is 0. The molecule has 3 heteroatoms. The lowest BCUT2D eigenvalue weighted by molar-refractivity contribution is -0.128. The molecule has 11 heavy (non-hydrogen) atoms. The molecule has 1 amide bonds. The summed E-state index contributed by atoms with van der Waals surface area (Å²) in [6.07, 6.45) is 3.21. The van der Waals surface area contributed by atoms with E-state index in [-0.39, 0.29) is 24.5 Å². The van der Waals surface area contributed by atoms with Gasteiger partial charge >= 0.3 is 0 Å². The van der Waals surface area contributed by atoms with Crippen LogP contribution in [0.3, 0.4) is 0 Å². The van der Waals surface area contributed by atoms with Crippen LogP contribution in [0.4, 0.5) is 0 Å². The van der Waals surface area contributed by atoms with Crippen LogP contribution in [0.5, 0.6) is 0 Å². The number of carbonyl (C=O) groups is 1. The smallest absolute Gasteiger partial charge is 0.223 e. The van der Waals surface area contributed by atoms with Gasteiger partial charge in [0.15, 0.2) is 0 Å². The largest absolute Gasteiger partial charge is 0.394 e. The van der Waals surface area contributed by atoms with Crippen molar-refractivity contribution in [3.8, 4) is 0 Å².